The maximum Gasteiger partial charge on any atom is 0.345 e. The van der Waals surface area contributed by atoms with Crippen molar-refractivity contribution in [3.8, 4) is 27.4 Å². The first-order chi connectivity index (χ1) is 10.2. The highest BCUT2D eigenvalue weighted by molar-refractivity contribution is 7.17. The molecular weight excluding hydrogens is 290 g/mol. The summed E-state index contributed by atoms with van der Waals surface area (Å²) in [7, 11) is 1.54. The Morgan fingerprint density at radius 3 is 2.81 bits per heavy atom. The average Bonchev–Trinajstić information content (AvgIpc) is 3.18. The SMILES string of the molecule is COc1ncc(-c2ccoc2)cc1-c1ccc(C(=O)O)s1. The first-order valence-corrected chi connectivity index (χ1v) is 6.91. The van der Waals surface area contributed by atoms with E-state index in [1.54, 1.807) is 30.9 Å². The highest BCUT2D eigenvalue weighted by atomic mass is 32.1. The number of carbonyl (C=O) groups is 1. The molecular formula is C15H11NO4S. The average molecular weight is 301 g/mol. The zero-order valence-electron chi connectivity index (χ0n) is 11.1. The Labute approximate surface area is 124 Å². The summed E-state index contributed by atoms with van der Waals surface area (Å²) in [6.07, 6.45) is 4.91. The van der Waals surface area contributed by atoms with E-state index in [-0.39, 0.29) is 4.88 Å². The number of carboxylic acids is 1. The first kappa shape index (κ1) is 13.4. The predicted molar refractivity (Wildman–Crippen MR) is 78.8 cm³/mol. The van der Waals surface area contributed by atoms with Crippen molar-refractivity contribution in [2.45, 2.75) is 0 Å². The lowest BCUT2D eigenvalue weighted by Gasteiger charge is -2.07. The Bertz CT molecular complexity index is 777. The van der Waals surface area contributed by atoms with E-state index >= 15 is 0 Å². The minimum atomic E-state index is -0.941. The summed E-state index contributed by atoms with van der Waals surface area (Å²) in [4.78, 5) is 16.4. The van der Waals surface area contributed by atoms with Gasteiger partial charge >= 0.3 is 5.97 Å². The van der Waals surface area contributed by atoms with E-state index in [9.17, 15) is 4.79 Å². The van der Waals surface area contributed by atoms with Gasteiger partial charge in [0.05, 0.1) is 25.2 Å². The smallest absolute Gasteiger partial charge is 0.345 e. The normalized spacial score (nSPS) is 10.5. The van der Waals surface area contributed by atoms with Gasteiger partial charge < -0.3 is 14.3 Å². The molecule has 0 saturated heterocycles. The second-order valence-corrected chi connectivity index (χ2v) is 5.35. The van der Waals surface area contributed by atoms with Crippen molar-refractivity contribution in [1.82, 2.24) is 4.98 Å². The van der Waals surface area contributed by atoms with Crippen LogP contribution in [0.15, 0.2) is 47.4 Å². The van der Waals surface area contributed by atoms with Crippen LogP contribution in [0, 0.1) is 0 Å². The van der Waals surface area contributed by atoms with Crippen LogP contribution in [0.3, 0.4) is 0 Å². The largest absolute Gasteiger partial charge is 0.481 e. The van der Waals surface area contributed by atoms with Crippen LogP contribution in [-0.4, -0.2) is 23.2 Å². The van der Waals surface area contributed by atoms with Crippen LogP contribution < -0.4 is 4.74 Å². The molecule has 0 unspecified atom stereocenters. The van der Waals surface area contributed by atoms with Gasteiger partial charge in [0.25, 0.3) is 0 Å². The second-order valence-electron chi connectivity index (χ2n) is 4.26. The van der Waals surface area contributed by atoms with E-state index in [4.69, 9.17) is 14.3 Å². The number of hydrogen-bond acceptors (Lipinski definition) is 5. The van der Waals surface area contributed by atoms with E-state index in [0.29, 0.717) is 5.88 Å². The molecule has 0 fully saturated rings. The molecule has 0 aromatic carbocycles. The molecule has 0 aliphatic carbocycles. The third-order valence-electron chi connectivity index (χ3n) is 2.98. The molecule has 106 valence electrons. The van der Waals surface area contributed by atoms with Crippen LogP contribution in [0.4, 0.5) is 0 Å². The monoisotopic (exact) mass is 301 g/mol. The molecule has 0 atom stereocenters. The summed E-state index contributed by atoms with van der Waals surface area (Å²) in [5.41, 5.74) is 2.54. The number of carboxylic acid groups (broad SMARTS) is 1. The zero-order valence-corrected chi connectivity index (χ0v) is 11.9. The van der Waals surface area contributed by atoms with E-state index in [1.807, 2.05) is 12.1 Å². The van der Waals surface area contributed by atoms with Crippen molar-refractivity contribution in [2.75, 3.05) is 7.11 Å². The van der Waals surface area contributed by atoms with Crippen LogP contribution in [0.2, 0.25) is 0 Å². The molecule has 0 radical (unpaired) electrons. The summed E-state index contributed by atoms with van der Waals surface area (Å²) in [5, 5.41) is 9.03. The highest BCUT2D eigenvalue weighted by Crippen LogP contribution is 2.36. The molecule has 0 saturated carbocycles. The molecule has 3 rings (SSSR count). The van der Waals surface area contributed by atoms with Gasteiger partial charge in [-0.2, -0.15) is 0 Å². The van der Waals surface area contributed by atoms with E-state index in [0.717, 1.165) is 21.6 Å². The number of rotatable bonds is 4. The number of nitrogens with zero attached hydrogens (tertiary/aromatic N) is 1. The van der Waals surface area contributed by atoms with Crippen molar-refractivity contribution < 1.29 is 19.1 Å². The lowest BCUT2D eigenvalue weighted by molar-refractivity contribution is 0.0702. The van der Waals surface area contributed by atoms with Crippen LogP contribution in [-0.2, 0) is 0 Å². The van der Waals surface area contributed by atoms with Gasteiger partial charge in [0.2, 0.25) is 5.88 Å². The van der Waals surface area contributed by atoms with Gasteiger partial charge in [0, 0.05) is 22.2 Å². The zero-order chi connectivity index (χ0) is 14.8. The number of hydrogen-bond donors (Lipinski definition) is 1. The third kappa shape index (κ3) is 2.53. The molecule has 5 nitrogen and oxygen atoms in total. The summed E-state index contributed by atoms with van der Waals surface area (Å²) >= 11 is 1.19. The Morgan fingerprint density at radius 2 is 2.19 bits per heavy atom. The maximum absolute atomic E-state index is 11.0. The summed E-state index contributed by atoms with van der Waals surface area (Å²) in [6, 6.07) is 7.08. The summed E-state index contributed by atoms with van der Waals surface area (Å²) in [6.45, 7) is 0. The van der Waals surface area contributed by atoms with E-state index in [2.05, 4.69) is 4.98 Å². The van der Waals surface area contributed by atoms with Gasteiger partial charge in [-0.3, -0.25) is 0 Å². The maximum atomic E-state index is 11.0. The first-order valence-electron chi connectivity index (χ1n) is 6.09. The van der Waals surface area contributed by atoms with Gasteiger partial charge in [0.1, 0.15) is 4.88 Å². The minimum Gasteiger partial charge on any atom is -0.481 e. The third-order valence-corrected chi connectivity index (χ3v) is 4.09. The van der Waals surface area contributed by atoms with E-state index < -0.39 is 5.97 Å². The van der Waals surface area contributed by atoms with Crippen LogP contribution in [0.25, 0.3) is 21.6 Å². The molecule has 1 N–H and O–H groups in total. The fraction of sp³-hybridized carbons (Fsp3) is 0.0667. The van der Waals surface area contributed by atoms with E-state index in [1.165, 1.54) is 18.4 Å². The van der Waals surface area contributed by atoms with Gasteiger partial charge in [0.15, 0.2) is 0 Å². The number of aromatic nitrogens is 1. The lowest BCUT2D eigenvalue weighted by atomic mass is 10.1. The fourth-order valence-corrected chi connectivity index (χ4v) is 2.83. The topological polar surface area (TPSA) is 72.6 Å². The summed E-state index contributed by atoms with van der Waals surface area (Å²) < 4.78 is 10.3. The van der Waals surface area contributed by atoms with Gasteiger partial charge in [-0.15, -0.1) is 11.3 Å². The van der Waals surface area contributed by atoms with Gasteiger partial charge in [-0.25, -0.2) is 9.78 Å². The highest BCUT2D eigenvalue weighted by Gasteiger charge is 2.14. The molecule has 0 spiro atoms. The van der Waals surface area contributed by atoms with Gasteiger partial charge in [-0.1, -0.05) is 0 Å². The minimum absolute atomic E-state index is 0.278. The molecule has 3 heterocycles. The molecule has 0 bridgehead atoms. The number of pyridine rings is 1. The Morgan fingerprint density at radius 1 is 1.33 bits per heavy atom. The standard InChI is InChI=1S/C15H11NO4S/c1-19-14-11(12-2-3-13(21-12)15(17)18)6-10(7-16-14)9-4-5-20-8-9/h2-8H,1H3,(H,17,18). The van der Waals surface area contributed by atoms with Crippen molar-refractivity contribution in [3.05, 3.63) is 47.9 Å². The van der Waals surface area contributed by atoms with Crippen molar-refractivity contribution in [3.63, 3.8) is 0 Å². The summed E-state index contributed by atoms with van der Waals surface area (Å²) in [5.74, 6) is -0.481. The number of ether oxygens (including phenoxy) is 1. The Kier molecular flexibility index (Phi) is 3.45. The Balaban J connectivity index is 2.10. The van der Waals surface area contributed by atoms with Crippen LogP contribution in [0.1, 0.15) is 9.67 Å². The molecule has 3 aromatic heterocycles. The number of aromatic carboxylic acids is 1. The molecule has 0 amide bonds. The molecule has 0 aliphatic heterocycles. The molecule has 0 aliphatic rings. The number of furan rings is 1. The van der Waals surface area contributed by atoms with Crippen LogP contribution in [0.5, 0.6) is 5.88 Å². The van der Waals surface area contributed by atoms with Crippen molar-refractivity contribution >= 4 is 17.3 Å². The molecule has 3 aromatic rings. The number of methoxy groups -OCH3 is 1. The van der Waals surface area contributed by atoms with Crippen LogP contribution >= 0.6 is 11.3 Å². The second kappa shape index (κ2) is 5.41. The fourth-order valence-electron chi connectivity index (χ4n) is 1.98. The lowest BCUT2D eigenvalue weighted by Crippen LogP contribution is -1.91. The quantitative estimate of drug-likeness (QED) is 0.794. The van der Waals surface area contributed by atoms with Gasteiger partial charge in [-0.05, 0) is 24.3 Å². The predicted octanol–water partition coefficient (Wildman–Crippen LogP) is 3.78. The van der Waals surface area contributed by atoms with Crippen molar-refractivity contribution in [1.29, 1.82) is 0 Å². The molecule has 6 heteroatoms. The molecule has 21 heavy (non-hydrogen) atoms. The number of thiophene rings is 1. The Hall–Kier alpha value is -2.60. The van der Waals surface area contributed by atoms with Crippen molar-refractivity contribution in [2.24, 2.45) is 0 Å².